The van der Waals surface area contributed by atoms with Crippen LogP contribution in [0.25, 0.3) is 0 Å². The number of halogens is 2. The van der Waals surface area contributed by atoms with Crippen LogP contribution in [0.1, 0.15) is 21.5 Å². The quantitative estimate of drug-likeness (QED) is 0.805. The van der Waals surface area contributed by atoms with Crippen LogP contribution >= 0.6 is 0 Å². The predicted molar refractivity (Wildman–Crippen MR) is 54.5 cm³/mol. The molecule has 0 atom stereocenters. The number of carbonyl (C=O) groups excluding carboxylic acids is 1. The number of ether oxygens (including phenoxy) is 1. The molecule has 0 aliphatic heterocycles. The van der Waals surface area contributed by atoms with Gasteiger partial charge in [0.2, 0.25) is 0 Å². The highest BCUT2D eigenvalue weighted by atomic mass is 19.3. The van der Waals surface area contributed by atoms with Crippen LogP contribution in [0.4, 0.5) is 8.78 Å². The van der Waals surface area contributed by atoms with E-state index in [4.69, 9.17) is 5.11 Å². The summed E-state index contributed by atoms with van der Waals surface area (Å²) in [6.07, 6.45) is -0.107. The largest absolute Gasteiger partial charge is 0.481 e. The molecule has 92 valence electrons. The van der Waals surface area contributed by atoms with E-state index in [1.165, 1.54) is 12.1 Å². The number of rotatable bonds is 5. The van der Waals surface area contributed by atoms with Crippen molar-refractivity contribution in [2.75, 3.05) is 0 Å². The topological polar surface area (TPSA) is 63.6 Å². The molecule has 1 N–H and O–H groups in total. The number of aldehydes is 1. The Morgan fingerprint density at radius 3 is 2.65 bits per heavy atom. The van der Waals surface area contributed by atoms with Crippen LogP contribution in [0, 0.1) is 6.92 Å². The van der Waals surface area contributed by atoms with Gasteiger partial charge in [0.15, 0.2) is 6.29 Å². The number of carbonyl (C=O) groups is 2. The van der Waals surface area contributed by atoms with Gasteiger partial charge in [-0.25, -0.2) is 0 Å². The van der Waals surface area contributed by atoms with E-state index in [1.54, 1.807) is 6.92 Å². The SMILES string of the molecule is Cc1ccc(OC(F)F)c(CC(=O)O)c1C=O. The molecule has 0 unspecified atom stereocenters. The smallest absolute Gasteiger partial charge is 0.387 e. The highest BCUT2D eigenvalue weighted by Gasteiger charge is 2.17. The van der Waals surface area contributed by atoms with E-state index >= 15 is 0 Å². The number of hydrogen-bond acceptors (Lipinski definition) is 3. The Hall–Kier alpha value is -1.98. The van der Waals surface area contributed by atoms with Gasteiger partial charge in [0, 0.05) is 11.1 Å². The van der Waals surface area contributed by atoms with Gasteiger partial charge in [0.1, 0.15) is 5.75 Å². The van der Waals surface area contributed by atoms with Gasteiger partial charge >= 0.3 is 12.6 Å². The molecule has 0 heterocycles. The zero-order valence-corrected chi connectivity index (χ0v) is 8.94. The van der Waals surface area contributed by atoms with Crippen molar-refractivity contribution < 1.29 is 28.2 Å². The molecule has 0 bridgehead atoms. The summed E-state index contributed by atoms with van der Waals surface area (Å²) in [6, 6.07) is 2.65. The van der Waals surface area contributed by atoms with Crippen molar-refractivity contribution in [3.63, 3.8) is 0 Å². The van der Waals surface area contributed by atoms with Crippen molar-refractivity contribution in [2.24, 2.45) is 0 Å². The van der Waals surface area contributed by atoms with Crippen LogP contribution in [-0.2, 0) is 11.2 Å². The second kappa shape index (κ2) is 5.38. The van der Waals surface area contributed by atoms with Gasteiger partial charge in [-0.15, -0.1) is 0 Å². The fourth-order valence-electron chi connectivity index (χ4n) is 1.47. The van der Waals surface area contributed by atoms with Gasteiger partial charge in [-0.05, 0) is 18.6 Å². The minimum absolute atomic E-state index is 0.0344. The molecule has 0 aromatic heterocycles. The highest BCUT2D eigenvalue weighted by molar-refractivity contribution is 5.84. The van der Waals surface area contributed by atoms with Crippen LogP contribution in [0.5, 0.6) is 5.75 Å². The van der Waals surface area contributed by atoms with Crippen LogP contribution in [0.15, 0.2) is 12.1 Å². The average Bonchev–Trinajstić information content (AvgIpc) is 2.21. The molecule has 0 amide bonds. The Kier molecular flexibility index (Phi) is 4.14. The number of carboxylic acid groups (broad SMARTS) is 1. The van der Waals surface area contributed by atoms with Crippen LogP contribution < -0.4 is 4.74 Å². The van der Waals surface area contributed by atoms with Crippen molar-refractivity contribution in [1.29, 1.82) is 0 Å². The van der Waals surface area contributed by atoms with Crippen molar-refractivity contribution >= 4 is 12.3 Å². The minimum Gasteiger partial charge on any atom is -0.481 e. The summed E-state index contributed by atoms with van der Waals surface area (Å²) in [4.78, 5) is 21.5. The third kappa shape index (κ3) is 3.24. The first-order valence-corrected chi connectivity index (χ1v) is 4.70. The van der Waals surface area contributed by atoms with E-state index in [1.807, 2.05) is 0 Å². The Balaban J connectivity index is 3.28. The summed E-state index contributed by atoms with van der Waals surface area (Å²) < 4.78 is 28.4. The van der Waals surface area contributed by atoms with E-state index in [-0.39, 0.29) is 16.9 Å². The molecule has 6 heteroatoms. The summed E-state index contributed by atoms with van der Waals surface area (Å²) in [6.45, 7) is -1.48. The standard InChI is InChI=1S/C11H10F2O4/c1-6-2-3-9(17-11(12)13)7(4-10(15)16)8(6)5-14/h2-3,5,11H,4H2,1H3,(H,15,16). The number of aryl methyl sites for hydroxylation is 1. The van der Waals surface area contributed by atoms with Crippen molar-refractivity contribution in [1.82, 2.24) is 0 Å². The molecule has 0 saturated heterocycles. The third-order valence-corrected chi connectivity index (χ3v) is 2.19. The van der Waals surface area contributed by atoms with Crippen LogP contribution in [0.2, 0.25) is 0 Å². The lowest BCUT2D eigenvalue weighted by atomic mass is 9.99. The molecular formula is C11H10F2O4. The average molecular weight is 244 g/mol. The molecule has 0 radical (unpaired) electrons. The van der Waals surface area contributed by atoms with E-state index in [0.29, 0.717) is 11.8 Å². The van der Waals surface area contributed by atoms with Crippen LogP contribution in [0.3, 0.4) is 0 Å². The van der Waals surface area contributed by atoms with Gasteiger partial charge in [0.25, 0.3) is 0 Å². The lowest BCUT2D eigenvalue weighted by molar-refractivity contribution is -0.136. The molecule has 1 rings (SSSR count). The monoisotopic (exact) mass is 244 g/mol. The lowest BCUT2D eigenvalue weighted by Crippen LogP contribution is -2.10. The summed E-state index contributed by atoms with van der Waals surface area (Å²) in [7, 11) is 0. The maximum atomic E-state index is 12.1. The summed E-state index contributed by atoms with van der Waals surface area (Å²) >= 11 is 0. The molecule has 0 fully saturated rings. The van der Waals surface area contributed by atoms with Crippen molar-refractivity contribution in [2.45, 2.75) is 20.0 Å². The predicted octanol–water partition coefficient (Wildman–Crippen LogP) is 2.04. The number of benzene rings is 1. The Morgan fingerprint density at radius 1 is 1.53 bits per heavy atom. The first-order valence-electron chi connectivity index (χ1n) is 4.70. The van der Waals surface area contributed by atoms with E-state index < -0.39 is 19.0 Å². The summed E-state index contributed by atoms with van der Waals surface area (Å²) in [5.74, 6) is -1.51. The number of carboxylic acids is 1. The lowest BCUT2D eigenvalue weighted by Gasteiger charge is -2.12. The van der Waals surface area contributed by atoms with Gasteiger partial charge in [-0.1, -0.05) is 6.07 Å². The van der Waals surface area contributed by atoms with Gasteiger partial charge in [-0.3, -0.25) is 9.59 Å². The Bertz CT molecular complexity index is 443. The van der Waals surface area contributed by atoms with E-state index in [9.17, 15) is 18.4 Å². The fourth-order valence-corrected chi connectivity index (χ4v) is 1.47. The molecule has 1 aromatic rings. The molecule has 0 saturated carbocycles. The maximum absolute atomic E-state index is 12.1. The van der Waals surface area contributed by atoms with Gasteiger partial charge in [0.05, 0.1) is 6.42 Å². The molecule has 17 heavy (non-hydrogen) atoms. The molecule has 0 spiro atoms. The normalized spacial score (nSPS) is 10.4. The van der Waals surface area contributed by atoms with Gasteiger partial charge in [-0.2, -0.15) is 8.78 Å². The summed E-state index contributed by atoms with van der Waals surface area (Å²) in [5, 5.41) is 8.68. The number of alkyl halides is 2. The van der Waals surface area contributed by atoms with Gasteiger partial charge < -0.3 is 9.84 Å². The van der Waals surface area contributed by atoms with E-state index in [0.717, 1.165) is 0 Å². The number of hydrogen-bond donors (Lipinski definition) is 1. The Labute approximate surface area is 95.8 Å². The second-order valence-electron chi connectivity index (χ2n) is 3.34. The molecular weight excluding hydrogens is 234 g/mol. The molecule has 0 aliphatic rings. The van der Waals surface area contributed by atoms with Crippen molar-refractivity contribution in [3.8, 4) is 5.75 Å². The maximum Gasteiger partial charge on any atom is 0.387 e. The Morgan fingerprint density at radius 2 is 2.18 bits per heavy atom. The van der Waals surface area contributed by atoms with Crippen LogP contribution in [-0.4, -0.2) is 24.0 Å². The zero-order valence-electron chi connectivity index (χ0n) is 8.94. The third-order valence-electron chi connectivity index (χ3n) is 2.19. The zero-order chi connectivity index (χ0) is 13.0. The first-order chi connectivity index (χ1) is 7.95. The fraction of sp³-hybridized carbons (Fsp3) is 0.273. The second-order valence-corrected chi connectivity index (χ2v) is 3.34. The molecule has 0 aliphatic carbocycles. The van der Waals surface area contributed by atoms with Crippen molar-refractivity contribution in [3.05, 3.63) is 28.8 Å². The molecule has 4 nitrogen and oxygen atoms in total. The first kappa shape index (κ1) is 13.1. The van der Waals surface area contributed by atoms with E-state index in [2.05, 4.69) is 4.74 Å². The molecule has 1 aromatic carbocycles. The highest BCUT2D eigenvalue weighted by Crippen LogP contribution is 2.26. The number of aliphatic carboxylic acids is 1. The summed E-state index contributed by atoms with van der Waals surface area (Å²) in [5.41, 5.74) is 0.552. The minimum atomic E-state index is -3.07.